The Morgan fingerprint density at radius 2 is 2.00 bits per heavy atom. The molecule has 1 fully saturated rings. The first-order valence-electron chi connectivity index (χ1n) is 11.7. The van der Waals surface area contributed by atoms with Crippen molar-refractivity contribution in [3.63, 3.8) is 0 Å². The smallest absolute Gasteiger partial charge is 0.388 e. The van der Waals surface area contributed by atoms with Crippen molar-refractivity contribution >= 4 is 23.3 Å². The Bertz CT molecular complexity index is 1300. The Morgan fingerprint density at radius 3 is 2.75 bits per heavy atom. The summed E-state index contributed by atoms with van der Waals surface area (Å²) in [6.45, 7) is 1.73. The highest BCUT2D eigenvalue weighted by Crippen LogP contribution is 2.39. The van der Waals surface area contributed by atoms with E-state index in [0.29, 0.717) is 24.5 Å². The van der Waals surface area contributed by atoms with E-state index in [0.717, 1.165) is 41.9 Å². The standard InChI is InChI=1S/C25H25ClF2N6O2/c1-14(17-11-20(36-24(27)28)31-12-19(17)26)23(35)34-9-6-25(13-34)5-4-16-10-18(15(2)32-21(16)33-25)22-29-7-3-8-30-22/h3,7-8,10-12,14,24H,4-6,9,13H2,1-2H3,(H,32,33)/t14?,25-/m0/s1. The van der Waals surface area contributed by atoms with Crippen molar-refractivity contribution in [2.24, 2.45) is 0 Å². The first-order chi connectivity index (χ1) is 17.2. The van der Waals surface area contributed by atoms with E-state index in [1.807, 2.05) is 6.92 Å². The largest absolute Gasteiger partial charge is 0.417 e. The molecule has 3 aromatic rings. The van der Waals surface area contributed by atoms with Crippen LogP contribution < -0.4 is 10.1 Å². The molecule has 1 spiro atoms. The SMILES string of the molecule is Cc1nc2c(cc1-c1ncccn1)CC[C@@]1(CCN(C(=O)C(C)c3cc(OC(F)F)ncc3Cl)C1)N2. The Morgan fingerprint density at radius 1 is 1.22 bits per heavy atom. The lowest BCUT2D eigenvalue weighted by molar-refractivity contribution is -0.131. The average molecular weight is 515 g/mol. The fourth-order valence-corrected chi connectivity index (χ4v) is 5.26. The van der Waals surface area contributed by atoms with E-state index in [1.165, 1.54) is 12.3 Å². The monoisotopic (exact) mass is 514 g/mol. The molecular formula is C25H25ClF2N6O2. The molecule has 1 N–H and O–H groups in total. The quantitative estimate of drug-likeness (QED) is 0.530. The fraction of sp³-hybridized carbons (Fsp3) is 0.400. The highest BCUT2D eigenvalue weighted by molar-refractivity contribution is 6.31. The number of halogens is 3. The van der Waals surface area contributed by atoms with Gasteiger partial charge in [-0.05, 0) is 56.4 Å². The second-order valence-electron chi connectivity index (χ2n) is 9.26. The third kappa shape index (κ3) is 4.69. The average Bonchev–Trinajstić information content (AvgIpc) is 3.27. The van der Waals surface area contributed by atoms with Gasteiger partial charge in [-0.2, -0.15) is 8.78 Å². The molecule has 0 aliphatic carbocycles. The van der Waals surface area contributed by atoms with Crippen LogP contribution in [0.15, 0.2) is 36.8 Å². The molecule has 1 unspecified atom stereocenters. The lowest BCUT2D eigenvalue weighted by Crippen LogP contribution is -2.46. The van der Waals surface area contributed by atoms with Gasteiger partial charge in [-0.25, -0.2) is 19.9 Å². The zero-order valence-electron chi connectivity index (χ0n) is 19.8. The molecule has 2 aliphatic rings. The van der Waals surface area contributed by atoms with Gasteiger partial charge in [0.1, 0.15) is 5.82 Å². The highest BCUT2D eigenvalue weighted by Gasteiger charge is 2.43. The molecule has 36 heavy (non-hydrogen) atoms. The minimum absolute atomic E-state index is 0.128. The third-order valence-electron chi connectivity index (χ3n) is 6.93. The van der Waals surface area contributed by atoms with Gasteiger partial charge in [0.05, 0.1) is 22.2 Å². The zero-order chi connectivity index (χ0) is 25.4. The van der Waals surface area contributed by atoms with E-state index in [-0.39, 0.29) is 22.3 Å². The van der Waals surface area contributed by atoms with Gasteiger partial charge in [-0.1, -0.05) is 11.6 Å². The normalized spacial score (nSPS) is 19.8. The van der Waals surface area contributed by atoms with E-state index >= 15 is 0 Å². The van der Waals surface area contributed by atoms with Gasteiger partial charge < -0.3 is 15.0 Å². The molecule has 188 valence electrons. The van der Waals surface area contributed by atoms with Crippen molar-refractivity contribution in [3.8, 4) is 17.3 Å². The van der Waals surface area contributed by atoms with E-state index in [4.69, 9.17) is 16.6 Å². The van der Waals surface area contributed by atoms with Gasteiger partial charge in [0.15, 0.2) is 5.82 Å². The number of amides is 1. The zero-order valence-corrected chi connectivity index (χ0v) is 20.6. The summed E-state index contributed by atoms with van der Waals surface area (Å²) in [6.07, 6.45) is 7.10. The molecule has 5 heterocycles. The van der Waals surface area contributed by atoms with E-state index < -0.39 is 12.5 Å². The number of hydrogen-bond acceptors (Lipinski definition) is 7. The van der Waals surface area contributed by atoms with E-state index in [9.17, 15) is 13.6 Å². The van der Waals surface area contributed by atoms with Gasteiger partial charge in [0.2, 0.25) is 11.8 Å². The summed E-state index contributed by atoms with van der Waals surface area (Å²) in [5.41, 5.74) is 2.97. The minimum Gasteiger partial charge on any atom is -0.417 e. The Balaban J connectivity index is 1.31. The number of anilines is 1. The van der Waals surface area contributed by atoms with Crippen molar-refractivity contribution in [3.05, 3.63) is 58.6 Å². The summed E-state index contributed by atoms with van der Waals surface area (Å²) in [5, 5.41) is 3.84. The second kappa shape index (κ2) is 9.57. The number of hydrogen-bond donors (Lipinski definition) is 1. The lowest BCUT2D eigenvalue weighted by Gasteiger charge is -2.36. The number of pyridine rings is 2. The summed E-state index contributed by atoms with van der Waals surface area (Å²) >= 11 is 6.24. The summed E-state index contributed by atoms with van der Waals surface area (Å²) < 4.78 is 29.6. The molecule has 0 saturated carbocycles. The Labute approximate surface area is 212 Å². The second-order valence-corrected chi connectivity index (χ2v) is 9.67. The Hall–Kier alpha value is -3.40. The molecule has 1 saturated heterocycles. The van der Waals surface area contributed by atoms with Crippen LogP contribution in [-0.2, 0) is 11.2 Å². The summed E-state index contributed by atoms with van der Waals surface area (Å²) in [6, 6.07) is 5.18. The van der Waals surface area contributed by atoms with Crippen LogP contribution in [0.5, 0.6) is 5.88 Å². The molecule has 8 nitrogen and oxygen atoms in total. The molecule has 2 aliphatic heterocycles. The van der Waals surface area contributed by atoms with Gasteiger partial charge in [-0.3, -0.25) is 4.79 Å². The highest BCUT2D eigenvalue weighted by atomic mass is 35.5. The lowest BCUT2D eigenvalue weighted by atomic mass is 9.86. The maximum Gasteiger partial charge on any atom is 0.388 e. The summed E-state index contributed by atoms with van der Waals surface area (Å²) in [5.74, 6) is 0.437. The predicted octanol–water partition coefficient (Wildman–Crippen LogP) is 4.63. The van der Waals surface area contributed by atoms with Crippen LogP contribution in [-0.4, -0.2) is 56.0 Å². The van der Waals surface area contributed by atoms with Crippen LogP contribution in [0.3, 0.4) is 0 Å². The number of nitrogens with zero attached hydrogens (tertiary/aromatic N) is 5. The first kappa shape index (κ1) is 24.3. The predicted molar refractivity (Wildman–Crippen MR) is 130 cm³/mol. The number of nitrogens with one attached hydrogen (secondary N) is 1. The van der Waals surface area contributed by atoms with Gasteiger partial charge >= 0.3 is 6.61 Å². The number of alkyl halides is 2. The molecule has 2 atom stereocenters. The maximum atomic E-state index is 13.4. The number of carbonyl (C=O) groups is 1. The molecule has 0 bridgehead atoms. The molecule has 5 rings (SSSR count). The van der Waals surface area contributed by atoms with Crippen LogP contribution in [0, 0.1) is 6.92 Å². The number of aromatic nitrogens is 4. The molecular weight excluding hydrogens is 490 g/mol. The molecule has 0 radical (unpaired) electrons. The summed E-state index contributed by atoms with van der Waals surface area (Å²) in [7, 11) is 0. The van der Waals surface area contributed by atoms with Crippen LogP contribution in [0.1, 0.15) is 42.5 Å². The number of fused-ring (bicyclic) bond motifs is 1. The third-order valence-corrected chi connectivity index (χ3v) is 7.24. The van der Waals surface area contributed by atoms with Crippen LogP contribution in [0.4, 0.5) is 14.6 Å². The number of likely N-dealkylation sites (tertiary alicyclic amines) is 1. The topological polar surface area (TPSA) is 93.1 Å². The van der Waals surface area contributed by atoms with Gasteiger partial charge in [0, 0.05) is 43.3 Å². The van der Waals surface area contributed by atoms with Crippen molar-refractivity contribution in [1.29, 1.82) is 0 Å². The van der Waals surface area contributed by atoms with Gasteiger partial charge in [-0.15, -0.1) is 0 Å². The first-order valence-corrected chi connectivity index (χ1v) is 12.1. The molecule has 0 aromatic carbocycles. The number of ether oxygens (including phenoxy) is 1. The van der Waals surface area contributed by atoms with Crippen LogP contribution in [0.2, 0.25) is 5.02 Å². The van der Waals surface area contributed by atoms with Crippen molar-refractivity contribution < 1.29 is 18.3 Å². The number of carbonyl (C=O) groups excluding carboxylic acids is 1. The van der Waals surface area contributed by atoms with Crippen LogP contribution >= 0.6 is 11.6 Å². The fourth-order valence-electron chi connectivity index (χ4n) is 4.99. The number of rotatable bonds is 5. The van der Waals surface area contributed by atoms with E-state index in [1.54, 1.807) is 30.3 Å². The number of aryl methyl sites for hydroxylation is 2. The summed E-state index contributed by atoms with van der Waals surface area (Å²) in [4.78, 5) is 32.4. The molecule has 1 amide bonds. The van der Waals surface area contributed by atoms with E-state index in [2.05, 4.69) is 31.1 Å². The molecule has 11 heteroatoms. The minimum atomic E-state index is -3.01. The maximum absolute atomic E-state index is 13.4. The molecule has 3 aromatic heterocycles. The van der Waals surface area contributed by atoms with Crippen molar-refractivity contribution in [2.75, 3.05) is 18.4 Å². The van der Waals surface area contributed by atoms with Gasteiger partial charge in [0.25, 0.3) is 0 Å². The van der Waals surface area contributed by atoms with Crippen LogP contribution in [0.25, 0.3) is 11.4 Å². The van der Waals surface area contributed by atoms with Crippen molar-refractivity contribution in [2.45, 2.75) is 51.2 Å². The van der Waals surface area contributed by atoms with Crippen molar-refractivity contribution in [1.82, 2.24) is 24.8 Å². The Kier molecular flexibility index (Phi) is 6.46.